The van der Waals surface area contributed by atoms with Crippen LogP contribution in [0.3, 0.4) is 0 Å². The standard InChI is InChI=1S/C58H34N4S2/c1-33-16-4-6-18-35(33)50-45(32-59)53(61-46-24-12-8-20-37(46)38-21-9-13-25-47(38)61)51(36-19-7-5-17-34(36)2)56(52(50)60-3)62-54-41(28-30-43-39-22-10-14-26-48(39)63-57(43)54)42-29-31-44-40-23-11-15-27-49(40)64-58(44)55(42)62/h4-31H,1-2H3. The van der Waals surface area contributed by atoms with Crippen LogP contribution in [0.2, 0.25) is 0 Å². The second-order valence-corrected chi connectivity index (χ2v) is 18.7. The second kappa shape index (κ2) is 13.8. The van der Waals surface area contributed by atoms with Gasteiger partial charge in [0.15, 0.2) is 0 Å². The molecule has 0 aliphatic rings. The molecule has 4 heterocycles. The zero-order chi connectivity index (χ0) is 42.8. The van der Waals surface area contributed by atoms with E-state index in [9.17, 15) is 11.8 Å². The van der Waals surface area contributed by atoms with E-state index in [0.717, 1.165) is 92.2 Å². The fourth-order valence-electron chi connectivity index (χ4n) is 10.5. The van der Waals surface area contributed by atoms with Crippen molar-refractivity contribution in [2.24, 2.45) is 0 Å². The molecule has 9 aromatic carbocycles. The van der Waals surface area contributed by atoms with Gasteiger partial charge < -0.3 is 9.13 Å². The van der Waals surface area contributed by atoms with E-state index in [1.807, 2.05) is 34.8 Å². The lowest BCUT2D eigenvalue weighted by Gasteiger charge is -2.27. The molecule has 0 unspecified atom stereocenters. The topological polar surface area (TPSA) is 38.0 Å². The predicted molar refractivity (Wildman–Crippen MR) is 272 cm³/mol. The lowest BCUT2D eigenvalue weighted by atomic mass is 9.86. The van der Waals surface area contributed by atoms with E-state index in [2.05, 4.69) is 192 Å². The molecular formula is C58H34N4S2. The third-order valence-corrected chi connectivity index (χ3v) is 15.7. The number of nitriles is 1. The summed E-state index contributed by atoms with van der Waals surface area (Å²) in [6.07, 6.45) is 0. The Balaban J connectivity index is 1.39. The van der Waals surface area contributed by atoms with E-state index in [0.29, 0.717) is 16.8 Å². The van der Waals surface area contributed by atoms with Crippen LogP contribution in [0.5, 0.6) is 0 Å². The van der Waals surface area contributed by atoms with Gasteiger partial charge in [0.2, 0.25) is 5.69 Å². The number of nitrogens with zero attached hydrogens (tertiary/aromatic N) is 4. The third kappa shape index (κ3) is 4.90. The van der Waals surface area contributed by atoms with Crippen LogP contribution in [0.4, 0.5) is 5.69 Å². The minimum Gasteiger partial charge on any atom is -0.316 e. The lowest BCUT2D eigenvalue weighted by Crippen LogP contribution is -2.09. The smallest absolute Gasteiger partial charge is 0.220 e. The maximum atomic E-state index is 11.9. The van der Waals surface area contributed by atoms with E-state index in [1.165, 1.54) is 30.9 Å². The number of para-hydroxylation sites is 2. The van der Waals surface area contributed by atoms with Crippen LogP contribution >= 0.6 is 22.7 Å². The number of fused-ring (bicyclic) bond motifs is 14. The molecule has 4 aromatic heterocycles. The van der Waals surface area contributed by atoms with Crippen LogP contribution < -0.4 is 0 Å². The van der Waals surface area contributed by atoms with E-state index in [-0.39, 0.29) is 0 Å². The Labute approximate surface area is 376 Å². The summed E-state index contributed by atoms with van der Waals surface area (Å²) in [4.78, 5) is 4.65. The molecule has 0 amide bonds. The summed E-state index contributed by atoms with van der Waals surface area (Å²) >= 11 is 3.62. The summed E-state index contributed by atoms with van der Waals surface area (Å²) in [7, 11) is 0. The van der Waals surface area contributed by atoms with Crippen molar-refractivity contribution in [3.8, 4) is 39.7 Å². The van der Waals surface area contributed by atoms with Crippen molar-refractivity contribution in [2.75, 3.05) is 0 Å². The highest BCUT2D eigenvalue weighted by atomic mass is 32.1. The minimum atomic E-state index is 0.448. The third-order valence-electron chi connectivity index (χ3n) is 13.3. The quantitative estimate of drug-likeness (QED) is 0.163. The highest BCUT2D eigenvalue weighted by molar-refractivity contribution is 7.27. The molecule has 64 heavy (non-hydrogen) atoms. The molecule has 0 atom stereocenters. The van der Waals surface area contributed by atoms with Crippen molar-refractivity contribution in [2.45, 2.75) is 13.8 Å². The molecule has 0 N–H and O–H groups in total. The molecule has 0 aliphatic carbocycles. The monoisotopic (exact) mass is 850 g/mol. The van der Waals surface area contributed by atoms with Crippen LogP contribution in [-0.2, 0) is 0 Å². The van der Waals surface area contributed by atoms with Crippen LogP contribution in [-0.4, -0.2) is 9.13 Å². The SMILES string of the molecule is [C-]#[N+]c1c(-c2ccccc2C)c(C#N)c(-n2c3ccccc3c3ccccc32)c(-c2ccccc2C)c1-n1c2c(ccc3c4ccccc4sc32)c2ccc3c4ccccc4sc3c21. The number of aryl methyl sites for hydroxylation is 2. The van der Waals surface area contributed by atoms with E-state index < -0.39 is 0 Å². The Hall–Kier alpha value is -8.00. The molecule has 0 fully saturated rings. The minimum absolute atomic E-state index is 0.448. The average Bonchev–Trinajstić information content (AvgIpc) is 4.09. The highest BCUT2D eigenvalue weighted by Gasteiger charge is 2.33. The first kappa shape index (κ1) is 36.6. The molecule has 13 aromatic rings. The fourth-order valence-corrected chi connectivity index (χ4v) is 13.0. The number of benzene rings is 9. The number of rotatable bonds is 4. The first-order valence-electron chi connectivity index (χ1n) is 21.4. The van der Waals surface area contributed by atoms with Crippen molar-refractivity contribution in [3.05, 3.63) is 198 Å². The van der Waals surface area contributed by atoms with Crippen molar-refractivity contribution in [1.82, 2.24) is 9.13 Å². The molecule has 0 radical (unpaired) electrons. The average molecular weight is 851 g/mol. The number of hydrogen-bond donors (Lipinski definition) is 0. The molecule has 0 spiro atoms. The summed E-state index contributed by atoms with van der Waals surface area (Å²) < 4.78 is 9.51. The Kier molecular flexibility index (Phi) is 7.87. The van der Waals surface area contributed by atoms with Crippen LogP contribution in [0, 0.1) is 31.8 Å². The molecule has 0 aliphatic heterocycles. The number of hydrogen-bond acceptors (Lipinski definition) is 3. The molecule has 0 saturated heterocycles. The first-order valence-corrected chi connectivity index (χ1v) is 23.0. The maximum absolute atomic E-state index is 11.9. The molecule has 4 nitrogen and oxygen atoms in total. The zero-order valence-corrected chi connectivity index (χ0v) is 36.4. The van der Waals surface area contributed by atoms with Crippen LogP contribution in [0.1, 0.15) is 16.7 Å². The van der Waals surface area contributed by atoms with Crippen molar-refractivity contribution in [3.63, 3.8) is 0 Å². The first-order chi connectivity index (χ1) is 31.6. The van der Waals surface area contributed by atoms with Crippen LogP contribution in [0.15, 0.2) is 170 Å². The summed E-state index contributed by atoms with van der Waals surface area (Å²) in [5, 5.41) is 21.1. The number of thiophene rings is 2. The Morgan fingerprint density at radius 1 is 0.453 bits per heavy atom. The Bertz CT molecular complexity index is 4070. The van der Waals surface area contributed by atoms with Gasteiger partial charge in [-0.25, -0.2) is 4.85 Å². The van der Waals surface area contributed by atoms with Gasteiger partial charge in [-0.05, 0) is 60.4 Å². The normalized spacial score (nSPS) is 11.9. The molecule has 0 saturated carbocycles. The largest absolute Gasteiger partial charge is 0.316 e. The van der Waals surface area contributed by atoms with Gasteiger partial charge in [-0.3, -0.25) is 0 Å². The highest BCUT2D eigenvalue weighted by Crippen LogP contribution is 2.55. The molecule has 6 heteroatoms. The molecule has 298 valence electrons. The molecular weight excluding hydrogens is 817 g/mol. The second-order valence-electron chi connectivity index (χ2n) is 16.6. The van der Waals surface area contributed by atoms with Gasteiger partial charge in [0, 0.05) is 63.6 Å². The van der Waals surface area contributed by atoms with Gasteiger partial charge in [0.05, 0.1) is 55.0 Å². The number of aromatic nitrogens is 2. The predicted octanol–water partition coefficient (Wildman–Crippen LogP) is 17.0. The van der Waals surface area contributed by atoms with Gasteiger partial charge >= 0.3 is 0 Å². The lowest BCUT2D eigenvalue weighted by molar-refractivity contribution is 1.14. The summed E-state index contributed by atoms with van der Waals surface area (Å²) in [5.74, 6) is 0. The summed E-state index contributed by atoms with van der Waals surface area (Å²) in [6, 6.07) is 63.0. The van der Waals surface area contributed by atoms with Crippen molar-refractivity contribution >= 4 is 112 Å². The van der Waals surface area contributed by atoms with Crippen LogP contribution in [0.25, 0.3) is 122 Å². The zero-order valence-electron chi connectivity index (χ0n) is 34.8. The van der Waals surface area contributed by atoms with Gasteiger partial charge in [-0.1, -0.05) is 146 Å². The maximum Gasteiger partial charge on any atom is 0.220 e. The van der Waals surface area contributed by atoms with E-state index in [1.54, 1.807) is 0 Å². The Morgan fingerprint density at radius 3 is 1.39 bits per heavy atom. The Morgan fingerprint density at radius 2 is 0.891 bits per heavy atom. The van der Waals surface area contributed by atoms with Gasteiger partial charge in [0.25, 0.3) is 0 Å². The van der Waals surface area contributed by atoms with Gasteiger partial charge in [0.1, 0.15) is 6.07 Å². The van der Waals surface area contributed by atoms with Gasteiger partial charge in [-0.2, -0.15) is 5.26 Å². The summed E-state index contributed by atoms with van der Waals surface area (Å²) in [6.45, 7) is 13.7. The van der Waals surface area contributed by atoms with Gasteiger partial charge in [-0.15, -0.1) is 22.7 Å². The van der Waals surface area contributed by atoms with E-state index >= 15 is 0 Å². The fraction of sp³-hybridized carbons (Fsp3) is 0.0345. The molecule has 0 bridgehead atoms. The van der Waals surface area contributed by atoms with Crippen molar-refractivity contribution < 1.29 is 0 Å². The van der Waals surface area contributed by atoms with E-state index in [4.69, 9.17) is 0 Å². The molecule has 13 rings (SSSR count). The van der Waals surface area contributed by atoms with Crippen molar-refractivity contribution in [1.29, 1.82) is 5.26 Å². The summed E-state index contributed by atoms with van der Waals surface area (Å²) in [5.41, 5.74) is 11.9.